The number of rotatable bonds is 6. The molecule has 104 valence electrons. The van der Waals surface area contributed by atoms with Crippen LogP contribution >= 0.6 is 11.6 Å². The maximum Gasteiger partial charge on any atom is 0.253 e. The highest BCUT2D eigenvalue weighted by Gasteiger charge is 2.40. The number of hydrogen-bond donors (Lipinski definition) is 2. The predicted molar refractivity (Wildman–Crippen MR) is 79.9 cm³/mol. The Kier molecular flexibility index (Phi) is 4.35. The summed E-state index contributed by atoms with van der Waals surface area (Å²) in [7, 11) is 0. The van der Waals surface area contributed by atoms with Crippen LogP contribution in [0.1, 0.15) is 43.5 Å². The first-order valence-electron chi connectivity index (χ1n) is 6.92. The van der Waals surface area contributed by atoms with Crippen LogP contribution in [0.4, 0.5) is 5.69 Å². The van der Waals surface area contributed by atoms with E-state index in [-0.39, 0.29) is 5.91 Å². The van der Waals surface area contributed by atoms with Crippen LogP contribution in [0.3, 0.4) is 0 Å². The van der Waals surface area contributed by atoms with Gasteiger partial charge in [-0.05, 0) is 49.8 Å². The van der Waals surface area contributed by atoms with Gasteiger partial charge in [0.25, 0.3) is 5.91 Å². The van der Waals surface area contributed by atoms with E-state index < -0.39 is 0 Å². The van der Waals surface area contributed by atoms with Gasteiger partial charge in [0.2, 0.25) is 0 Å². The van der Waals surface area contributed by atoms with E-state index in [4.69, 9.17) is 11.6 Å². The van der Waals surface area contributed by atoms with E-state index >= 15 is 0 Å². The van der Waals surface area contributed by atoms with Crippen LogP contribution < -0.4 is 10.6 Å². The van der Waals surface area contributed by atoms with Gasteiger partial charge < -0.3 is 10.6 Å². The van der Waals surface area contributed by atoms with E-state index in [0.717, 1.165) is 25.2 Å². The van der Waals surface area contributed by atoms with Gasteiger partial charge in [-0.1, -0.05) is 18.5 Å². The van der Waals surface area contributed by atoms with E-state index in [9.17, 15) is 4.79 Å². The van der Waals surface area contributed by atoms with Crippen molar-refractivity contribution in [3.8, 4) is 0 Å². The molecule has 0 spiro atoms. The largest absolute Gasteiger partial charge is 0.385 e. The van der Waals surface area contributed by atoms with Crippen LogP contribution in [0.25, 0.3) is 0 Å². The van der Waals surface area contributed by atoms with E-state index in [2.05, 4.69) is 17.6 Å². The summed E-state index contributed by atoms with van der Waals surface area (Å²) in [5.41, 5.74) is 1.82. The van der Waals surface area contributed by atoms with Crippen molar-refractivity contribution in [3.05, 3.63) is 28.8 Å². The molecular weight excluding hydrogens is 260 g/mol. The first-order chi connectivity index (χ1) is 9.10. The molecule has 4 heteroatoms. The van der Waals surface area contributed by atoms with E-state index in [1.54, 1.807) is 12.1 Å². The van der Waals surface area contributed by atoms with Gasteiger partial charge in [-0.25, -0.2) is 0 Å². The molecule has 0 bridgehead atoms. The molecule has 0 saturated heterocycles. The molecule has 2 rings (SSSR count). The van der Waals surface area contributed by atoms with Crippen LogP contribution in [-0.4, -0.2) is 19.0 Å². The van der Waals surface area contributed by atoms with Crippen LogP contribution in [0.2, 0.25) is 5.02 Å². The van der Waals surface area contributed by atoms with Gasteiger partial charge in [0.1, 0.15) is 0 Å². The lowest BCUT2D eigenvalue weighted by Crippen LogP contribution is -2.30. The molecule has 1 aromatic rings. The number of hydrogen-bond acceptors (Lipinski definition) is 2. The monoisotopic (exact) mass is 280 g/mol. The topological polar surface area (TPSA) is 41.1 Å². The van der Waals surface area contributed by atoms with Crippen LogP contribution in [0.5, 0.6) is 0 Å². The number of carbonyl (C=O) groups excluding carboxylic acids is 1. The highest BCUT2D eigenvalue weighted by atomic mass is 35.5. The minimum atomic E-state index is -0.0434. The van der Waals surface area contributed by atoms with Crippen molar-refractivity contribution in [3.63, 3.8) is 0 Å². The lowest BCUT2D eigenvalue weighted by molar-refractivity contribution is 0.0945. The average Bonchev–Trinajstić information content (AvgIpc) is 3.19. The second kappa shape index (κ2) is 5.83. The Bertz CT molecular complexity index is 469. The van der Waals surface area contributed by atoms with Gasteiger partial charge >= 0.3 is 0 Å². The highest BCUT2D eigenvalue weighted by Crippen LogP contribution is 2.47. The first-order valence-corrected chi connectivity index (χ1v) is 7.29. The second-order valence-corrected chi connectivity index (χ2v) is 5.69. The molecule has 0 atom stereocenters. The Morgan fingerprint density at radius 1 is 1.37 bits per heavy atom. The van der Waals surface area contributed by atoms with Crippen molar-refractivity contribution < 1.29 is 4.79 Å². The van der Waals surface area contributed by atoms with Crippen molar-refractivity contribution in [1.29, 1.82) is 0 Å². The summed E-state index contributed by atoms with van der Waals surface area (Å²) in [6.07, 6.45) is 3.57. The van der Waals surface area contributed by atoms with Gasteiger partial charge in [-0.15, -0.1) is 0 Å². The quantitative estimate of drug-likeness (QED) is 0.834. The first kappa shape index (κ1) is 14.2. The lowest BCUT2D eigenvalue weighted by Gasteiger charge is -2.15. The summed E-state index contributed by atoms with van der Waals surface area (Å²) in [6, 6.07) is 5.37. The summed E-state index contributed by atoms with van der Waals surface area (Å²) in [5, 5.41) is 6.82. The molecule has 2 N–H and O–H groups in total. The fraction of sp³-hybridized carbons (Fsp3) is 0.533. The number of anilines is 1. The molecule has 0 unspecified atom stereocenters. The molecule has 1 saturated carbocycles. The van der Waals surface area contributed by atoms with Crippen molar-refractivity contribution in [2.75, 3.05) is 18.4 Å². The number of amides is 1. The molecule has 1 fully saturated rings. The molecule has 1 aromatic carbocycles. The van der Waals surface area contributed by atoms with Gasteiger partial charge in [0.05, 0.1) is 5.56 Å². The standard InChI is InChI=1S/C15H21ClN2O/c1-3-15(7-8-15)10-18-14(19)12-9-11(16)5-6-13(12)17-4-2/h5-6,9,17H,3-4,7-8,10H2,1-2H3,(H,18,19). The number of carbonyl (C=O) groups is 1. The van der Waals surface area contributed by atoms with E-state index in [0.29, 0.717) is 16.0 Å². The molecule has 1 aliphatic rings. The predicted octanol–water partition coefficient (Wildman–Crippen LogP) is 3.69. The molecule has 0 aromatic heterocycles. The SMILES string of the molecule is CCNc1ccc(Cl)cc1C(=O)NCC1(CC)CC1. The normalized spacial score (nSPS) is 15.9. The average molecular weight is 281 g/mol. The fourth-order valence-corrected chi connectivity index (χ4v) is 2.42. The lowest BCUT2D eigenvalue weighted by atomic mass is 10.0. The summed E-state index contributed by atoms with van der Waals surface area (Å²) in [6.45, 7) is 5.73. The van der Waals surface area contributed by atoms with Crippen molar-refractivity contribution in [2.24, 2.45) is 5.41 Å². The third-order valence-electron chi connectivity index (χ3n) is 3.92. The molecule has 0 radical (unpaired) electrons. The molecular formula is C15H21ClN2O. The smallest absolute Gasteiger partial charge is 0.253 e. The molecule has 3 nitrogen and oxygen atoms in total. The number of halogens is 1. The van der Waals surface area contributed by atoms with Crippen molar-refractivity contribution >= 4 is 23.2 Å². The van der Waals surface area contributed by atoms with Gasteiger partial charge in [0.15, 0.2) is 0 Å². The zero-order chi connectivity index (χ0) is 13.9. The minimum Gasteiger partial charge on any atom is -0.385 e. The van der Waals surface area contributed by atoms with Crippen LogP contribution in [0.15, 0.2) is 18.2 Å². The maximum absolute atomic E-state index is 12.3. The maximum atomic E-state index is 12.3. The molecule has 0 aliphatic heterocycles. The molecule has 19 heavy (non-hydrogen) atoms. The van der Waals surface area contributed by atoms with Crippen molar-refractivity contribution in [2.45, 2.75) is 33.1 Å². The number of nitrogens with one attached hydrogen (secondary N) is 2. The third-order valence-corrected chi connectivity index (χ3v) is 4.16. The third kappa shape index (κ3) is 3.41. The van der Waals surface area contributed by atoms with E-state index in [1.807, 2.05) is 13.0 Å². The minimum absolute atomic E-state index is 0.0434. The summed E-state index contributed by atoms with van der Waals surface area (Å²) in [4.78, 5) is 12.3. The summed E-state index contributed by atoms with van der Waals surface area (Å²) in [5.74, 6) is -0.0434. The van der Waals surface area contributed by atoms with Gasteiger partial charge in [0, 0.05) is 23.8 Å². The Balaban J connectivity index is 2.07. The molecule has 1 amide bonds. The Labute approximate surface area is 119 Å². The number of benzene rings is 1. The summed E-state index contributed by atoms with van der Waals surface area (Å²) < 4.78 is 0. The Morgan fingerprint density at radius 2 is 2.11 bits per heavy atom. The highest BCUT2D eigenvalue weighted by molar-refractivity contribution is 6.31. The van der Waals surface area contributed by atoms with Crippen molar-refractivity contribution in [1.82, 2.24) is 5.32 Å². The second-order valence-electron chi connectivity index (χ2n) is 5.26. The fourth-order valence-electron chi connectivity index (χ4n) is 2.24. The summed E-state index contributed by atoms with van der Waals surface area (Å²) >= 11 is 5.98. The van der Waals surface area contributed by atoms with E-state index in [1.165, 1.54) is 12.8 Å². The molecule has 0 heterocycles. The van der Waals surface area contributed by atoms with Crippen LogP contribution in [0, 0.1) is 5.41 Å². The van der Waals surface area contributed by atoms with Gasteiger partial charge in [-0.2, -0.15) is 0 Å². The zero-order valence-electron chi connectivity index (χ0n) is 11.6. The van der Waals surface area contributed by atoms with Crippen LogP contribution in [-0.2, 0) is 0 Å². The van der Waals surface area contributed by atoms with Gasteiger partial charge in [-0.3, -0.25) is 4.79 Å². The zero-order valence-corrected chi connectivity index (χ0v) is 12.3. The Morgan fingerprint density at radius 3 is 2.68 bits per heavy atom. The molecule has 1 aliphatic carbocycles. The Hall–Kier alpha value is -1.22.